The molecule has 0 radical (unpaired) electrons. The number of guanidine groups is 1. The van der Waals surface area contributed by atoms with Gasteiger partial charge in [0.15, 0.2) is 5.96 Å². The van der Waals surface area contributed by atoms with Crippen LogP contribution in [0.3, 0.4) is 0 Å². The molecule has 108 valence electrons. The Morgan fingerprint density at radius 1 is 1.14 bits per heavy atom. The number of hydrogen-bond acceptors (Lipinski definition) is 2. The van der Waals surface area contributed by atoms with Crippen molar-refractivity contribution in [1.29, 1.82) is 5.41 Å². The fraction of sp³-hybridized carbons (Fsp3) is 0.176. The number of benzene rings is 2. The van der Waals surface area contributed by atoms with Gasteiger partial charge >= 0.3 is 0 Å². The molecule has 0 aliphatic rings. The fourth-order valence-corrected chi connectivity index (χ4v) is 2.23. The van der Waals surface area contributed by atoms with Gasteiger partial charge in [-0.1, -0.05) is 60.2 Å². The van der Waals surface area contributed by atoms with Crippen LogP contribution in [0.5, 0.6) is 0 Å². The molecular formula is C17H19N3O. The predicted octanol–water partition coefficient (Wildman–Crippen LogP) is 2.33. The summed E-state index contributed by atoms with van der Waals surface area (Å²) in [6, 6.07) is 17.6. The van der Waals surface area contributed by atoms with E-state index in [0.29, 0.717) is 6.42 Å². The summed E-state index contributed by atoms with van der Waals surface area (Å²) in [5.41, 5.74) is 8.45. The van der Waals surface area contributed by atoms with Crippen molar-refractivity contribution in [3.05, 3.63) is 71.3 Å². The Labute approximate surface area is 124 Å². The van der Waals surface area contributed by atoms with Gasteiger partial charge in [-0.2, -0.15) is 0 Å². The van der Waals surface area contributed by atoms with E-state index < -0.39 is 0 Å². The van der Waals surface area contributed by atoms with Crippen LogP contribution < -0.4 is 11.1 Å². The smallest absolute Gasteiger partial charge is 0.234 e. The van der Waals surface area contributed by atoms with Crippen molar-refractivity contribution in [2.75, 3.05) is 0 Å². The number of nitrogens with one attached hydrogen (secondary N) is 2. The van der Waals surface area contributed by atoms with Crippen LogP contribution in [-0.2, 0) is 11.2 Å². The van der Waals surface area contributed by atoms with Crippen molar-refractivity contribution in [2.24, 2.45) is 5.73 Å². The topological polar surface area (TPSA) is 79.0 Å². The van der Waals surface area contributed by atoms with Crippen molar-refractivity contribution in [3.63, 3.8) is 0 Å². The molecule has 0 aliphatic heterocycles. The van der Waals surface area contributed by atoms with E-state index in [9.17, 15) is 4.79 Å². The average Bonchev–Trinajstić information content (AvgIpc) is 2.46. The second-order valence-electron chi connectivity index (χ2n) is 5.06. The van der Waals surface area contributed by atoms with E-state index in [4.69, 9.17) is 11.1 Å². The molecule has 2 aromatic carbocycles. The summed E-state index contributed by atoms with van der Waals surface area (Å²) in [6.07, 6.45) is 0.573. The van der Waals surface area contributed by atoms with E-state index >= 15 is 0 Å². The van der Waals surface area contributed by atoms with Crippen molar-refractivity contribution in [3.8, 4) is 0 Å². The van der Waals surface area contributed by atoms with Gasteiger partial charge in [0.1, 0.15) is 0 Å². The molecule has 0 unspecified atom stereocenters. The molecule has 0 aromatic heterocycles. The summed E-state index contributed by atoms with van der Waals surface area (Å²) < 4.78 is 0. The molecule has 4 N–H and O–H groups in total. The monoisotopic (exact) mass is 281 g/mol. The third-order valence-corrected chi connectivity index (χ3v) is 3.34. The van der Waals surface area contributed by atoms with Gasteiger partial charge in [0.2, 0.25) is 5.91 Å². The van der Waals surface area contributed by atoms with Crippen LogP contribution in [0.15, 0.2) is 54.6 Å². The molecule has 0 aliphatic carbocycles. The lowest BCUT2D eigenvalue weighted by molar-refractivity contribution is -0.121. The SMILES string of the molecule is Cc1ccc(C[C@@H](C(=O)NC(=N)N)c2ccccc2)cc1. The second kappa shape index (κ2) is 6.70. The minimum absolute atomic E-state index is 0.255. The maximum atomic E-state index is 12.3. The number of rotatable bonds is 4. The largest absolute Gasteiger partial charge is 0.370 e. The zero-order valence-corrected chi connectivity index (χ0v) is 12.0. The Balaban J connectivity index is 2.25. The highest BCUT2D eigenvalue weighted by Crippen LogP contribution is 2.21. The summed E-state index contributed by atoms with van der Waals surface area (Å²) in [5, 5.41) is 9.63. The van der Waals surface area contributed by atoms with Crippen LogP contribution in [0.4, 0.5) is 0 Å². The lowest BCUT2D eigenvalue weighted by atomic mass is 9.91. The minimum atomic E-state index is -0.363. The maximum Gasteiger partial charge on any atom is 0.234 e. The van der Waals surface area contributed by atoms with Crippen LogP contribution >= 0.6 is 0 Å². The zero-order valence-electron chi connectivity index (χ0n) is 12.0. The molecule has 0 heterocycles. The second-order valence-corrected chi connectivity index (χ2v) is 5.06. The molecule has 1 atom stereocenters. The summed E-state index contributed by atoms with van der Waals surface area (Å²) in [5.74, 6) is -0.947. The molecule has 2 aromatic rings. The Morgan fingerprint density at radius 3 is 2.33 bits per heavy atom. The van der Waals surface area contributed by atoms with E-state index in [1.165, 1.54) is 5.56 Å². The van der Waals surface area contributed by atoms with Gasteiger partial charge in [0.25, 0.3) is 0 Å². The highest BCUT2D eigenvalue weighted by Gasteiger charge is 2.21. The van der Waals surface area contributed by atoms with Gasteiger partial charge in [-0.15, -0.1) is 0 Å². The summed E-state index contributed by atoms with van der Waals surface area (Å²) in [4.78, 5) is 12.3. The fourth-order valence-electron chi connectivity index (χ4n) is 2.23. The number of hydrogen-bond donors (Lipinski definition) is 3. The van der Waals surface area contributed by atoms with E-state index in [2.05, 4.69) is 5.32 Å². The van der Waals surface area contributed by atoms with Gasteiger partial charge in [-0.05, 0) is 24.5 Å². The molecule has 1 amide bonds. The van der Waals surface area contributed by atoms with Crippen LogP contribution in [0.25, 0.3) is 0 Å². The Morgan fingerprint density at radius 2 is 1.76 bits per heavy atom. The first-order valence-corrected chi connectivity index (χ1v) is 6.81. The van der Waals surface area contributed by atoms with Crippen molar-refractivity contribution in [1.82, 2.24) is 5.32 Å². The van der Waals surface area contributed by atoms with Crippen molar-refractivity contribution < 1.29 is 4.79 Å². The van der Waals surface area contributed by atoms with Gasteiger partial charge in [0.05, 0.1) is 5.92 Å². The average molecular weight is 281 g/mol. The zero-order chi connectivity index (χ0) is 15.2. The summed E-state index contributed by atoms with van der Waals surface area (Å²) >= 11 is 0. The lowest BCUT2D eigenvalue weighted by Gasteiger charge is -2.17. The number of carbonyl (C=O) groups excluding carboxylic acids is 1. The summed E-state index contributed by atoms with van der Waals surface area (Å²) in [7, 11) is 0. The Hall–Kier alpha value is -2.62. The van der Waals surface area contributed by atoms with Crippen molar-refractivity contribution >= 4 is 11.9 Å². The minimum Gasteiger partial charge on any atom is -0.370 e. The molecule has 2 rings (SSSR count). The third-order valence-electron chi connectivity index (χ3n) is 3.34. The first-order chi connectivity index (χ1) is 10.1. The van der Waals surface area contributed by atoms with Crippen LogP contribution in [0.1, 0.15) is 22.6 Å². The van der Waals surface area contributed by atoms with E-state index in [0.717, 1.165) is 11.1 Å². The highest BCUT2D eigenvalue weighted by molar-refractivity contribution is 5.98. The van der Waals surface area contributed by atoms with Gasteiger partial charge in [-0.3, -0.25) is 15.5 Å². The number of carbonyl (C=O) groups is 1. The molecule has 21 heavy (non-hydrogen) atoms. The van der Waals surface area contributed by atoms with E-state index in [-0.39, 0.29) is 17.8 Å². The van der Waals surface area contributed by atoms with Crippen LogP contribution in [0, 0.1) is 12.3 Å². The first-order valence-electron chi connectivity index (χ1n) is 6.81. The maximum absolute atomic E-state index is 12.3. The summed E-state index contributed by atoms with van der Waals surface area (Å²) in [6.45, 7) is 2.03. The van der Waals surface area contributed by atoms with Gasteiger partial charge in [-0.25, -0.2) is 0 Å². The molecule has 0 bridgehead atoms. The van der Waals surface area contributed by atoms with E-state index in [1.54, 1.807) is 0 Å². The normalized spacial score (nSPS) is 11.7. The Bertz CT molecular complexity index is 620. The molecule has 0 spiro atoms. The van der Waals surface area contributed by atoms with Crippen LogP contribution in [-0.4, -0.2) is 11.9 Å². The predicted molar refractivity (Wildman–Crippen MR) is 84.1 cm³/mol. The molecule has 0 saturated carbocycles. The number of amides is 1. The molecule has 0 fully saturated rings. The quantitative estimate of drug-likeness (QED) is 0.594. The van der Waals surface area contributed by atoms with Gasteiger partial charge in [0, 0.05) is 0 Å². The first kappa shape index (κ1) is 14.8. The third kappa shape index (κ3) is 4.18. The van der Waals surface area contributed by atoms with Crippen LogP contribution in [0.2, 0.25) is 0 Å². The van der Waals surface area contributed by atoms with E-state index in [1.807, 2.05) is 61.5 Å². The van der Waals surface area contributed by atoms with Crippen molar-refractivity contribution in [2.45, 2.75) is 19.3 Å². The Kier molecular flexibility index (Phi) is 4.72. The molecule has 4 nitrogen and oxygen atoms in total. The standard InChI is InChI=1S/C17H19N3O/c1-12-7-9-13(10-8-12)11-15(16(21)20-17(18)19)14-5-3-2-4-6-14/h2-10,15H,11H2,1H3,(H4,18,19,20,21)/t15-/m1/s1. The molecular weight excluding hydrogens is 262 g/mol. The molecule has 0 saturated heterocycles. The number of nitrogens with two attached hydrogens (primary N) is 1. The lowest BCUT2D eigenvalue weighted by Crippen LogP contribution is -2.39. The molecule has 4 heteroatoms. The highest BCUT2D eigenvalue weighted by atomic mass is 16.2. The van der Waals surface area contributed by atoms with Gasteiger partial charge < -0.3 is 5.73 Å². The number of aryl methyl sites for hydroxylation is 1.